The number of nitrogens with zero attached hydrogens (tertiary/aromatic N) is 1. The second kappa shape index (κ2) is 5.83. The first-order valence-corrected chi connectivity index (χ1v) is 6.51. The van der Waals surface area contributed by atoms with E-state index in [0.29, 0.717) is 22.2 Å². The number of carbonyl (C=O) groups excluding carboxylic acids is 1. The zero-order valence-electron chi connectivity index (χ0n) is 11.2. The van der Waals surface area contributed by atoms with Gasteiger partial charge in [-0.25, -0.2) is 4.98 Å². The average molecular weight is 289 g/mol. The van der Waals surface area contributed by atoms with Crippen molar-refractivity contribution in [3.05, 3.63) is 53.2 Å². The molecule has 0 aliphatic rings. The molecule has 2 aromatic rings. The molecule has 1 heterocycles. The molecule has 1 amide bonds. The highest BCUT2D eigenvalue weighted by Crippen LogP contribution is 2.13. The molecule has 3 N–H and O–H groups in total. The fraction of sp³-hybridized carbons (Fsp3) is 0.214. The lowest BCUT2D eigenvalue weighted by molar-refractivity contribution is 0.0934. The molecule has 0 saturated carbocycles. The molecular formula is C14H15N3O2S. The first-order valence-electron chi connectivity index (χ1n) is 6.10. The van der Waals surface area contributed by atoms with Gasteiger partial charge in [-0.1, -0.05) is 24.4 Å². The van der Waals surface area contributed by atoms with E-state index in [4.69, 9.17) is 22.4 Å². The van der Waals surface area contributed by atoms with E-state index >= 15 is 0 Å². The number of amides is 1. The van der Waals surface area contributed by atoms with Crippen molar-refractivity contribution in [2.24, 2.45) is 5.73 Å². The molecule has 0 saturated heterocycles. The van der Waals surface area contributed by atoms with Crippen LogP contribution in [0, 0.1) is 6.92 Å². The first kappa shape index (κ1) is 14.2. The molecule has 0 bridgehead atoms. The summed E-state index contributed by atoms with van der Waals surface area (Å²) in [7, 11) is 0. The summed E-state index contributed by atoms with van der Waals surface area (Å²) in [4.78, 5) is 16.5. The van der Waals surface area contributed by atoms with Gasteiger partial charge in [0.1, 0.15) is 16.8 Å². The van der Waals surface area contributed by atoms with Gasteiger partial charge in [0.25, 0.3) is 5.91 Å². The van der Waals surface area contributed by atoms with Gasteiger partial charge in [0.05, 0.1) is 6.20 Å². The van der Waals surface area contributed by atoms with Crippen molar-refractivity contribution in [1.29, 1.82) is 0 Å². The fourth-order valence-electron chi connectivity index (χ4n) is 1.70. The van der Waals surface area contributed by atoms with Crippen molar-refractivity contribution in [2.75, 3.05) is 0 Å². The lowest BCUT2D eigenvalue weighted by Crippen LogP contribution is -2.26. The molecule has 20 heavy (non-hydrogen) atoms. The Morgan fingerprint density at radius 2 is 1.95 bits per heavy atom. The van der Waals surface area contributed by atoms with E-state index in [9.17, 15) is 4.79 Å². The van der Waals surface area contributed by atoms with E-state index in [1.807, 2.05) is 6.92 Å². The molecule has 0 radical (unpaired) electrons. The van der Waals surface area contributed by atoms with E-state index in [2.05, 4.69) is 10.3 Å². The number of nitrogens with one attached hydrogen (secondary N) is 1. The lowest BCUT2D eigenvalue weighted by Gasteiger charge is -2.10. The van der Waals surface area contributed by atoms with Gasteiger partial charge in [0.2, 0.25) is 5.89 Å². The molecule has 0 aliphatic carbocycles. The molecule has 0 fully saturated rings. The smallest absolute Gasteiger partial charge is 0.251 e. The van der Waals surface area contributed by atoms with Gasteiger partial charge in [-0.15, -0.1) is 0 Å². The molecular weight excluding hydrogens is 274 g/mol. The summed E-state index contributed by atoms with van der Waals surface area (Å²) in [6.45, 7) is 3.62. The normalized spacial score (nSPS) is 11.9. The summed E-state index contributed by atoms with van der Waals surface area (Å²) in [6, 6.07) is 6.50. The van der Waals surface area contributed by atoms with E-state index in [0.717, 1.165) is 5.56 Å². The number of thiocarbonyl (C=S) groups is 1. The van der Waals surface area contributed by atoms with Crippen LogP contribution in [-0.4, -0.2) is 15.9 Å². The maximum absolute atomic E-state index is 12.1. The molecule has 1 unspecified atom stereocenters. The number of rotatable bonds is 4. The zero-order chi connectivity index (χ0) is 14.7. The molecule has 104 valence electrons. The first-order chi connectivity index (χ1) is 9.47. The van der Waals surface area contributed by atoms with E-state index in [1.54, 1.807) is 37.4 Å². The third-order valence-electron chi connectivity index (χ3n) is 2.79. The summed E-state index contributed by atoms with van der Waals surface area (Å²) in [5.41, 5.74) is 6.77. The van der Waals surface area contributed by atoms with Crippen molar-refractivity contribution in [3.63, 3.8) is 0 Å². The van der Waals surface area contributed by atoms with Gasteiger partial charge in [0, 0.05) is 11.1 Å². The molecule has 1 aromatic heterocycles. The van der Waals surface area contributed by atoms with E-state index < -0.39 is 0 Å². The Labute approximate surface area is 122 Å². The minimum atomic E-state index is -0.300. The highest BCUT2D eigenvalue weighted by atomic mass is 32.1. The Balaban J connectivity index is 2.06. The lowest BCUT2D eigenvalue weighted by atomic mass is 10.1. The number of benzene rings is 1. The number of aryl methyl sites for hydroxylation is 1. The van der Waals surface area contributed by atoms with Crippen molar-refractivity contribution in [2.45, 2.75) is 19.9 Å². The van der Waals surface area contributed by atoms with E-state index in [-0.39, 0.29) is 11.9 Å². The van der Waals surface area contributed by atoms with Crippen LogP contribution in [-0.2, 0) is 0 Å². The minimum absolute atomic E-state index is 0.206. The van der Waals surface area contributed by atoms with Gasteiger partial charge in [-0.3, -0.25) is 4.79 Å². The molecule has 2 rings (SSSR count). The molecule has 1 aromatic carbocycles. The summed E-state index contributed by atoms with van der Waals surface area (Å²) in [5, 5.41) is 2.82. The number of carbonyl (C=O) groups is 1. The Hall–Kier alpha value is -2.21. The van der Waals surface area contributed by atoms with Crippen LogP contribution in [0.5, 0.6) is 0 Å². The van der Waals surface area contributed by atoms with Crippen LogP contribution in [0.4, 0.5) is 0 Å². The Morgan fingerprint density at radius 1 is 1.35 bits per heavy atom. The number of oxazole rings is 1. The van der Waals surface area contributed by atoms with Gasteiger partial charge in [0.15, 0.2) is 0 Å². The molecule has 1 atom stereocenters. The van der Waals surface area contributed by atoms with Gasteiger partial charge in [-0.05, 0) is 26.0 Å². The van der Waals surface area contributed by atoms with Crippen LogP contribution >= 0.6 is 12.2 Å². The SMILES string of the molecule is Cc1cnc(C(C)NC(=O)c2ccc(C(N)=S)cc2)o1. The predicted molar refractivity (Wildman–Crippen MR) is 79.5 cm³/mol. The number of hydrogen-bond acceptors (Lipinski definition) is 4. The summed E-state index contributed by atoms with van der Waals surface area (Å²) >= 11 is 4.86. The number of nitrogens with two attached hydrogens (primary N) is 1. The highest BCUT2D eigenvalue weighted by Gasteiger charge is 2.15. The third kappa shape index (κ3) is 3.21. The van der Waals surface area contributed by atoms with Gasteiger partial charge < -0.3 is 15.5 Å². The van der Waals surface area contributed by atoms with Crippen molar-refractivity contribution < 1.29 is 9.21 Å². The second-order valence-corrected chi connectivity index (χ2v) is 4.89. The van der Waals surface area contributed by atoms with Gasteiger partial charge >= 0.3 is 0 Å². The summed E-state index contributed by atoms with van der Waals surface area (Å²) in [5.74, 6) is 0.986. The summed E-state index contributed by atoms with van der Waals surface area (Å²) < 4.78 is 5.37. The molecule has 0 spiro atoms. The maximum atomic E-state index is 12.1. The molecule has 6 heteroatoms. The summed E-state index contributed by atoms with van der Waals surface area (Å²) in [6.07, 6.45) is 1.62. The zero-order valence-corrected chi connectivity index (χ0v) is 12.0. The monoisotopic (exact) mass is 289 g/mol. The fourth-order valence-corrected chi connectivity index (χ4v) is 1.84. The average Bonchev–Trinajstić information content (AvgIpc) is 2.85. The maximum Gasteiger partial charge on any atom is 0.251 e. The van der Waals surface area contributed by atoms with Crippen LogP contribution in [0.2, 0.25) is 0 Å². The van der Waals surface area contributed by atoms with Gasteiger partial charge in [-0.2, -0.15) is 0 Å². The van der Waals surface area contributed by atoms with Crippen LogP contribution in [0.25, 0.3) is 0 Å². The number of hydrogen-bond donors (Lipinski definition) is 2. The Bertz CT molecular complexity index is 634. The van der Waals surface area contributed by atoms with Crippen molar-refractivity contribution in [3.8, 4) is 0 Å². The van der Waals surface area contributed by atoms with Crippen LogP contribution in [0.3, 0.4) is 0 Å². The topological polar surface area (TPSA) is 81.2 Å². The second-order valence-electron chi connectivity index (χ2n) is 4.45. The third-order valence-corrected chi connectivity index (χ3v) is 3.02. The van der Waals surface area contributed by atoms with Crippen LogP contribution in [0.1, 0.15) is 40.5 Å². The number of aromatic nitrogens is 1. The van der Waals surface area contributed by atoms with E-state index in [1.165, 1.54) is 0 Å². The molecule has 0 aliphatic heterocycles. The van der Waals surface area contributed by atoms with Crippen LogP contribution < -0.4 is 11.1 Å². The minimum Gasteiger partial charge on any atom is -0.444 e. The van der Waals surface area contributed by atoms with Crippen molar-refractivity contribution >= 4 is 23.1 Å². The van der Waals surface area contributed by atoms with Crippen LogP contribution in [0.15, 0.2) is 34.9 Å². The van der Waals surface area contributed by atoms with Crippen molar-refractivity contribution in [1.82, 2.24) is 10.3 Å². The Kier molecular flexibility index (Phi) is 4.14. The molecule has 5 nitrogen and oxygen atoms in total. The Morgan fingerprint density at radius 3 is 2.45 bits per heavy atom. The predicted octanol–water partition coefficient (Wildman–Crippen LogP) is 2.11. The largest absolute Gasteiger partial charge is 0.444 e. The highest BCUT2D eigenvalue weighted by molar-refractivity contribution is 7.80. The standard InChI is InChI=1S/C14H15N3O2S/c1-8-7-16-14(19-8)9(2)17-13(18)11-5-3-10(4-6-11)12(15)20/h3-7,9H,1-2H3,(H2,15,20)(H,17,18). The quantitative estimate of drug-likeness (QED) is 0.842.